The highest BCUT2D eigenvalue weighted by Crippen LogP contribution is 2.17. The van der Waals surface area contributed by atoms with Gasteiger partial charge in [0.2, 0.25) is 0 Å². The lowest BCUT2D eigenvalue weighted by Gasteiger charge is -2.33. The summed E-state index contributed by atoms with van der Waals surface area (Å²) in [6.07, 6.45) is 4.12. The van der Waals surface area contributed by atoms with Gasteiger partial charge in [-0.3, -0.25) is 0 Å². The highest BCUT2D eigenvalue weighted by molar-refractivity contribution is 4.81. The van der Waals surface area contributed by atoms with Gasteiger partial charge in [-0.2, -0.15) is 0 Å². The van der Waals surface area contributed by atoms with Crippen LogP contribution in [0.1, 0.15) is 33.1 Å². The van der Waals surface area contributed by atoms with Crippen LogP contribution in [0.15, 0.2) is 0 Å². The lowest BCUT2D eigenvalue weighted by Crippen LogP contribution is -2.47. The van der Waals surface area contributed by atoms with Crippen molar-refractivity contribution in [3.8, 4) is 0 Å². The Hall–Kier alpha value is -0.0400. The van der Waals surface area contributed by atoms with Crippen LogP contribution in [0.2, 0.25) is 0 Å². The zero-order valence-corrected chi connectivity index (χ0v) is 6.48. The molecule has 0 saturated carbocycles. The Bertz CT molecular complexity index is 76.6. The highest BCUT2D eigenvalue weighted by atomic mass is 15.0. The Kier molecular flexibility index (Phi) is 2.52. The molecule has 1 aliphatic rings. The highest BCUT2D eigenvalue weighted by Gasteiger charge is 2.21. The average Bonchev–Trinajstić information content (AvgIpc) is 1.60. The molecule has 1 heteroatoms. The van der Waals surface area contributed by atoms with Crippen molar-refractivity contribution in [2.24, 2.45) is 5.92 Å². The molecule has 1 rings (SSSR count). The van der Waals surface area contributed by atoms with Gasteiger partial charge in [0.05, 0.1) is 0 Å². The van der Waals surface area contributed by atoms with Gasteiger partial charge in [0, 0.05) is 6.04 Å². The minimum Gasteiger partial charge on any atom is -0.314 e. The van der Waals surface area contributed by atoms with E-state index in [9.17, 15) is 0 Å². The number of hydrogen-bond donors (Lipinski definition) is 1. The predicted molar refractivity (Wildman–Crippen MR) is 40.5 cm³/mol. The first-order valence-corrected chi connectivity index (χ1v) is 4.08. The topological polar surface area (TPSA) is 12.0 Å². The van der Waals surface area contributed by atoms with Crippen molar-refractivity contribution in [3.05, 3.63) is 0 Å². The number of hydrogen-bond acceptors (Lipinski definition) is 1. The van der Waals surface area contributed by atoms with Gasteiger partial charge in [0.15, 0.2) is 0 Å². The van der Waals surface area contributed by atoms with Crippen LogP contribution in [0.4, 0.5) is 0 Å². The van der Waals surface area contributed by atoms with Crippen LogP contribution >= 0.6 is 0 Å². The molecule has 9 heavy (non-hydrogen) atoms. The maximum Gasteiger partial charge on any atom is 0.0105 e. The zero-order valence-electron chi connectivity index (χ0n) is 6.48. The van der Waals surface area contributed by atoms with Gasteiger partial charge in [-0.1, -0.05) is 20.3 Å². The first-order valence-electron chi connectivity index (χ1n) is 4.08. The lowest BCUT2D eigenvalue weighted by atomic mass is 9.90. The van der Waals surface area contributed by atoms with Crippen molar-refractivity contribution in [2.75, 3.05) is 6.54 Å². The molecule has 0 aromatic heterocycles. The van der Waals surface area contributed by atoms with Crippen LogP contribution < -0.4 is 5.32 Å². The van der Waals surface area contributed by atoms with Gasteiger partial charge in [0.25, 0.3) is 0 Å². The SMILES string of the molecule is CCCC(C)C1CCN1. The van der Waals surface area contributed by atoms with E-state index < -0.39 is 0 Å². The molecule has 0 aliphatic carbocycles. The van der Waals surface area contributed by atoms with E-state index in [4.69, 9.17) is 0 Å². The molecule has 1 aliphatic heterocycles. The second kappa shape index (κ2) is 3.21. The maximum absolute atomic E-state index is 3.43. The molecule has 0 aromatic rings. The lowest BCUT2D eigenvalue weighted by molar-refractivity contribution is 0.263. The van der Waals surface area contributed by atoms with Gasteiger partial charge in [-0.15, -0.1) is 0 Å². The summed E-state index contributed by atoms with van der Waals surface area (Å²) in [6.45, 7) is 5.86. The molecule has 1 saturated heterocycles. The number of rotatable bonds is 3. The third-order valence-corrected chi connectivity index (χ3v) is 2.29. The summed E-state index contributed by atoms with van der Waals surface area (Å²) in [5.74, 6) is 0.906. The van der Waals surface area contributed by atoms with Gasteiger partial charge < -0.3 is 5.32 Å². The average molecular weight is 127 g/mol. The van der Waals surface area contributed by atoms with Crippen molar-refractivity contribution in [1.29, 1.82) is 0 Å². The Morgan fingerprint density at radius 2 is 2.33 bits per heavy atom. The zero-order chi connectivity index (χ0) is 6.69. The Morgan fingerprint density at radius 3 is 2.67 bits per heavy atom. The molecule has 0 radical (unpaired) electrons. The minimum atomic E-state index is 0.852. The molecule has 0 spiro atoms. The smallest absolute Gasteiger partial charge is 0.0105 e. The minimum absolute atomic E-state index is 0.852. The summed E-state index contributed by atoms with van der Waals surface area (Å²) in [4.78, 5) is 0. The van der Waals surface area contributed by atoms with Gasteiger partial charge in [-0.25, -0.2) is 0 Å². The van der Waals surface area contributed by atoms with E-state index in [0.717, 1.165) is 12.0 Å². The summed E-state index contributed by atoms with van der Waals surface area (Å²) in [6, 6.07) is 0.852. The van der Waals surface area contributed by atoms with Crippen LogP contribution in [0, 0.1) is 5.92 Å². The number of nitrogens with one attached hydrogen (secondary N) is 1. The fourth-order valence-electron chi connectivity index (χ4n) is 1.45. The summed E-state index contributed by atoms with van der Waals surface area (Å²) in [5, 5.41) is 3.43. The van der Waals surface area contributed by atoms with Gasteiger partial charge in [-0.05, 0) is 25.3 Å². The molecule has 54 valence electrons. The first-order chi connectivity index (χ1) is 4.34. The second-order valence-electron chi connectivity index (χ2n) is 3.12. The van der Waals surface area contributed by atoms with Crippen LogP contribution in [-0.4, -0.2) is 12.6 Å². The Morgan fingerprint density at radius 1 is 1.67 bits per heavy atom. The fraction of sp³-hybridized carbons (Fsp3) is 1.00. The summed E-state index contributed by atoms with van der Waals surface area (Å²) in [7, 11) is 0. The van der Waals surface area contributed by atoms with Gasteiger partial charge in [0.1, 0.15) is 0 Å². The van der Waals surface area contributed by atoms with Crippen molar-refractivity contribution in [3.63, 3.8) is 0 Å². The molecule has 2 unspecified atom stereocenters. The van der Waals surface area contributed by atoms with Crippen molar-refractivity contribution in [1.82, 2.24) is 5.32 Å². The molecule has 0 bridgehead atoms. The van der Waals surface area contributed by atoms with Crippen LogP contribution in [0.25, 0.3) is 0 Å². The Balaban J connectivity index is 2.08. The van der Waals surface area contributed by atoms with E-state index in [1.807, 2.05) is 0 Å². The standard InChI is InChI=1S/C8H17N/c1-3-4-7(2)8-5-6-9-8/h7-9H,3-6H2,1-2H3. The van der Waals surface area contributed by atoms with E-state index >= 15 is 0 Å². The predicted octanol–water partition coefficient (Wildman–Crippen LogP) is 1.78. The van der Waals surface area contributed by atoms with Gasteiger partial charge >= 0.3 is 0 Å². The molecular formula is C8H17N. The summed E-state index contributed by atoms with van der Waals surface area (Å²) < 4.78 is 0. The van der Waals surface area contributed by atoms with Crippen molar-refractivity contribution < 1.29 is 0 Å². The maximum atomic E-state index is 3.43. The normalized spacial score (nSPS) is 29.3. The van der Waals surface area contributed by atoms with Crippen molar-refractivity contribution >= 4 is 0 Å². The van der Waals surface area contributed by atoms with E-state index in [1.165, 1.54) is 25.8 Å². The molecule has 0 amide bonds. The third-order valence-electron chi connectivity index (χ3n) is 2.29. The largest absolute Gasteiger partial charge is 0.314 e. The monoisotopic (exact) mass is 127 g/mol. The quantitative estimate of drug-likeness (QED) is 0.609. The second-order valence-corrected chi connectivity index (χ2v) is 3.12. The van der Waals surface area contributed by atoms with Crippen LogP contribution in [-0.2, 0) is 0 Å². The summed E-state index contributed by atoms with van der Waals surface area (Å²) in [5.41, 5.74) is 0. The van der Waals surface area contributed by atoms with Crippen LogP contribution in [0.5, 0.6) is 0 Å². The molecule has 2 atom stereocenters. The van der Waals surface area contributed by atoms with Crippen molar-refractivity contribution in [2.45, 2.75) is 39.2 Å². The molecular weight excluding hydrogens is 110 g/mol. The Labute approximate surface area is 57.8 Å². The van der Waals surface area contributed by atoms with Crippen LogP contribution in [0.3, 0.4) is 0 Å². The fourth-order valence-corrected chi connectivity index (χ4v) is 1.45. The molecule has 1 N–H and O–H groups in total. The molecule has 1 nitrogen and oxygen atoms in total. The van der Waals surface area contributed by atoms with E-state index in [1.54, 1.807) is 0 Å². The summed E-state index contributed by atoms with van der Waals surface area (Å²) >= 11 is 0. The van der Waals surface area contributed by atoms with E-state index in [0.29, 0.717) is 0 Å². The molecule has 1 fully saturated rings. The third kappa shape index (κ3) is 1.68. The first kappa shape index (κ1) is 7.07. The molecule has 1 heterocycles. The van der Waals surface area contributed by atoms with E-state index in [-0.39, 0.29) is 0 Å². The molecule has 0 aromatic carbocycles. The van der Waals surface area contributed by atoms with E-state index in [2.05, 4.69) is 19.2 Å².